The summed E-state index contributed by atoms with van der Waals surface area (Å²) in [7, 11) is 5.78. The smallest absolute Gasteiger partial charge is 0.162 e. The Kier molecular flexibility index (Phi) is 5.01. The first kappa shape index (κ1) is 15.3. The van der Waals surface area contributed by atoms with E-state index in [0.29, 0.717) is 5.75 Å². The van der Waals surface area contributed by atoms with Crippen LogP contribution in [0.15, 0.2) is 6.20 Å². The molecular formula is C14H26N4O2. The molecule has 0 aromatic carbocycles. The normalized spacial score (nSPS) is 22.9. The van der Waals surface area contributed by atoms with Crippen LogP contribution in [0, 0.1) is 0 Å². The van der Waals surface area contributed by atoms with Gasteiger partial charge in [-0.25, -0.2) is 0 Å². The van der Waals surface area contributed by atoms with E-state index in [1.807, 2.05) is 4.68 Å². The average Bonchev–Trinajstić information content (AvgIpc) is 2.84. The molecule has 0 aliphatic carbocycles. The predicted octanol–water partition coefficient (Wildman–Crippen LogP) is 0.581. The lowest BCUT2D eigenvalue weighted by Gasteiger charge is -2.40. The van der Waals surface area contributed by atoms with E-state index < -0.39 is 6.10 Å². The molecule has 0 amide bonds. The second kappa shape index (κ2) is 6.56. The van der Waals surface area contributed by atoms with Crippen molar-refractivity contribution in [1.29, 1.82) is 0 Å². The minimum Gasteiger partial charge on any atom is -0.493 e. The summed E-state index contributed by atoms with van der Waals surface area (Å²) in [5, 5.41) is 15.2. The summed E-state index contributed by atoms with van der Waals surface area (Å²) in [5.41, 5.74) is 0.793. The van der Waals surface area contributed by atoms with Gasteiger partial charge in [-0.15, -0.1) is 0 Å². The molecule has 2 heterocycles. The zero-order valence-corrected chi connectivity index (χ0v) is 12.9. The van der Waals surface area contributed by atoms with Gasteiger partial charge in [0, 0.05) is 26.2 Å². The molecule has 6 nitrogen and oxygen atoms in total. The predicted molar refractivity (Wildman–Crippen MR) is 77.9 cm³/mol. The van der Waals surface area contributed by atoms with Crippen LogP contribution in [0.25, 0.3) is 0 Å². The van der Waals surface area contributed by atoms with Crippen LogP contribution in [-0.4, -0.2) is 71.6 Å². The quantitative estimate of drug-likeness (QED) is 0.856. The standard InChI is InChI=1S/C14H26N4O2/c1-5-6-18-13(12(20-4)9-15-18)14(19)11-10-16(2)7-8-17(11)3/h9,11,14,19H,5-8,10H2,1-4H3. The molecule has 2 atom stereocenters. The van der Waals surface area contributed by atoms with E-state index in [1.54, 1.807) is 13.3 Å². The highest BCUT2D eigenvalue weighted by Gasteiger charge is 2.33. The summed E-state index contributed by atoms with van der Waals surface area (Å²) in [6, 6.07) is 0.0648. The van der Waals surface area contributed by atoms with Crippen LogP contribution < -0.4 is 4.74 Å². The van der Waals surface area contributed by atoms with Gasteiger partial charge < -0.3 is 14.7 Å². The van der Waals surface area contributed by atoms with Crippen LogP contribution in [0.2, 0.25) is 0 Å². The first-order valence-electron chi connectivity index (χ1n) is 7.25. The molecule has 1 N–H and O–H groups in total. The van der Waals surface area contributed by atoms with E-state index in [4.69, 9.17) is 4.74 Å². The monoisotopic (exact) mass is 282 g/mol. The van der Waals surface area contributed by atoms with Gasteiger partial charge >= 0.3 is 0 Å². The number of aromatic nitrogens is 2. The summed E-state index contributed by atoms with van der Waals surface area (Å²) >= 11 is 0. The van der Waals surface area contributed by atoms with Gasteiger partial charge in [-0.3, -0.25) is 9.58 Å². The summed E-state index contributed by atoms with van der Waals surface area (Å²) in [4.78, 5) is 4.47. The van der Waals surface area contributed by atoms with Gasteiger partial charge in [0.15, 0.2) is 5.75 Å². The molecule has 1 aliphatic rings. The molecule has 1 aliphatic heterocycles. The zero-order chi connectivity index (χ0) is 14.7. The van der Waals surface area contributed by atoms with Gasteiger partial charge in [0.05, 0.1) is 19.3 Å². The highest BCUT2D eigenvalue weighted by Crippen LogP contribution is 2.30. The van der Waals surface area contributed by atoms with Crippen molar-refractivity contribution >= 4 is 0 Å². The molecule has 1 aromatic rings. The van der Waals surface area contributed by atoms with E-state index >= 15 is 0 Å². The number of nitrogens with zero attached hydrogens (tertiary/aromatic N) is 4. The second-order valence-corrected chi connectivity index (χ2v) is 5.58. The Morgan fingerprint density at radius 2 is 2.20 bits per heavy atom. The maximum Gasteiger partial charge on any atom is 0.162 e. The van der Waals surface area contributed by atoms with Crippen LogP contribution in [0.5, 0.6) is 5.75 Å². The molecule has 1 saturated heterocycles. The molecule has 20 heavy (non-hydrogen) atoms. The molecule has 0 spiro atoms. The van der Waals surface area contributed by atoms with E-state index in [1.165, 1.54) is 0 Å². The molecule has 1 fully saturated rings. The van der Waals surface area contributed by atoms with Crippen molar-refractivity contribution in [3.8, 4) is 5.75 Å². The summed E-state index contributed by atoms with van der Waals surface area (Å²) in [5.74, 6) is 0.674. The Bertz CT molecular complexity index is 435. The number of rotatable bonds is 5. The SMILES string of the molecule is CCCn1ncc(OC)c1C(O)C1CN(C)CCN1C. The van der Waals surface area contributed by atoms with Gasteiger partial charge in [-0.2, -0.15) is 5.10 Å². The number of hydrogen-bond acceptors (Lipinski definition) is 5. The van der Waals surface area contributed by atoms with Crippen LogP contribution in [0.3, 0.4) is 0 Å². The molecule has 1 aromatic heterocycles. The third kappa shape index (κ3) is 2.97. The zero-order valence-electron chi connectivity index (χ0n) is 12.9. The summed E-state index contributed by atoms with van der Waals surface area (Å²) in [6.07, 6.45) is 2.08. The van der Waals surface area contributed by atoms with Gasteiger partial charge in [0.1, 0.15) is 11.8 Å². The first-order valence-corrected chi connectivity index (χ1v) is 7.25. The minimum absolute atomic E-state index is 0.0648. The van der Waals surface area contributed by atoms with Crippen molar-refractivity contribution in [1.82, 2.24) is 19.6 Å². The number of aliphatic hydroxyl groups is 1. The molecule has 0 saturated carbocycles. The fraction of sp³-hybridized carbons (Fsp3) is 0.786. The Hall–Kier alpha value is -1.11. The van der Waals surface area contributed by atoms with E-state index in [0.717, 1.165) is 38.3 Å². The van der Waals surface area contributed by atoms with Crippen LogP contribution in [-0.2, 0) is 6.54 Å². The fourth-order valence-corrected chi connectivity index (χ4v) is 2.79. The molecular weight excluding hydrogens is 256 g/mol. The van der Waals surface area contributed by atoms with E-state index in [9.17, 15) is 5.11 Å². The van der Waals surface area contributed by atoms with Crippen molar-refractivity contribution < 1.29 is 9.84 Å². The number of ether oxygens (including phenoxy) is 1. The molecule has 6 heteroatoms. The maximum atomic E-state index is 10.8. The number of aliphatic hydroxyl groups excluding tert-OH is 1. The third-order valence-corrected chi connectivity index (χ3v) is 4.04. The fourth-order valence-electron chi connectivity index (χ4n) is 2.79. The molecule has 0 radical (unpaired) electrons. The third-order valence-electron chi connectivity index (χ3n) is 4.04. The Balaban J connectivity index is 2.26. The van der Waals surface area contributed by atoms with Crippen molar-refractivity contribution in [3.63, 3.8) is 0 Å². The Morgan fingerprint density at radius 3 is 2.85 bits per heavy atom. The number of piperazine rings is 1. The number of aryl methyl sites for hydroxylation is 1. The second-order valence-electron chi connectivity index (χ2n) is 5.58. The average molecular weight is 282 g/mol. The molecule has 114 valence electrons. The van der Waals surface area contributed by atoms with Crippen LogP contribution in [0.1, 0.15) is 25.1 Å². The summed E-state index contributed by atoms with van der Waals surface area (Å²) in [6.45, 7) is 5.73. The van der Waals surface area contributed by atoms with Crippen molar-refractivity contribution in [2.24, 2.45) is 0 Å². The van der Waals surface area contributed by atoms with Crippen molar-refractivity contribution in [2.75, 3.05) is 40.8 Å². The molecule has 2 unspecified atom stereocenters. The number of hydrogen-bond donors (Lipinski definition) is 1. The number of methoxy groups -OCH3 is 1. The Labute approximate surface area is 120 Å². The van der Waals surface area contributed by atoms with Gasteiger partial charge in [0.25, 0.3) is 0 Å². The van der Waals surface area contributed by atoms with Crippen molar-refractivity contribution in [2.45, 2.75) is 32.0 Å². The van der Waals surface area contributed by atoms with E-state index in [2.05, 4.69) is 35.9 Å². The molecule has 2 rings (SSSR count). The first-order chi connectivity index (χ1) is 9.58. The van der Waals surface area contributed by atoms with Gasteiger partial charge in [-0.05, 0) is 20.5 Å². The molecule has 0 bridgehead atoms. The number of likely N-dealkylation sites (N-methyl/N-ethyl adjacent to an activating group) is 2. The topological polar surface area (TPSA) is 53.8 Å². The van der Waals surface area contributed by atoms with Crippen LogP contribution >= 0.6 is 0 Å². The summed E-state index contributed by atoms with van der Waals surface area (Å²) < 4.78 is 7.24. The van der Waals surface area contributed by atoms with Crippen LogP contribution in [0.4, 0.5) is 0 Å². The largest absolute Gasteiger partial charge is 0.493 e. The minimum atomic E-state index is -0.591. The van der Waals surface area contributed by atoms with Gasteiger partial charge in [0.2, 0.25) is 0 Å². The lowest BCUT2D eigenvalue weighted by atomic mass is 10.0. The van der Waals surface area contributed by atoms with Crippen molar-refractivity contribution in [3.05, 3.63) is 11.9 Å². The van der Waals surface area contributed by atoms with E-state index in [-0.39, 0.29) is 6.04 Å². The van der Waals surface area contributed by atoms with Gasteiger partial charge in [-0.1, -0.05) is 6.92 Å². The lowest BCUT2D eigenvalue weighted by Crippen LogP contribution is -2.52. The maximum absolute atomic E-state index is 10.8. The lowest BCUT2D eigenvalue weighted by molar-refractivity contribution is 0.00835. The highest BCUT2D eigenvalue weighted by molar-refractivity contribution is 5.28. The Morgan fingerprint density at radius 1 is 1.45 bits per heavy atom. The highest BCUT2D eigenvalue weighted by atomic mass is 16.5.